The predicted octanol–water partition coefficient (Wildman–Crippen LogP) is 3.04. The normalized spacial score (nSPS) is 10.6. The monoisotopic (exact) mass is 421 g/mol. The maximum atomic E-state index is 12.7. The second kappa shape index (κ2) is 10.4. The molecule has 3 rings (SSSR count). The zero-order chi connectivity index (χ0) is 22.2. The SMILES string of the molecule is CCCCCn1nc(C(=O)NNC(=O)NCc2ccc(C)cc2)c2ccccc2c1=O. The molecule has 1 heterocycles. The Morgan fingerprint density at radius 2 is 1.68 bits per heavy atom. The second-order valence-corrected chi connectivity index (χ2v) is 7.38. The van der Waals surface area contributed by atoms with E-state index >= 15 is 0 Å². The summed E-state index contributed by atoms with van der Waals surface area (Å²) >= 11 is 0. The van der Waals surface area contributed by atoms with E-state index in [0.717, 1.165) is 30.4 Å². The molecule has 3 aromatic rings. The van der Waals surface area contributed by atoms with Crippen LogP contribution in [0, 0.1) is 6.92 Å². The molecule has 8 heteroatoms. The van der Waals surface area contributed by atoms with Crippen molar-refractivity contribution in [2.75, 3.05) is 0 Å². The lowest BCUT2D eigenvalue weighted by Gasteiger charge is -2.12. The highest BCUT2D eigenvalue weighted by atomic mass is 16.2. The van der Waals surface area contributed by atoms with E-state index < -0.39 is 11.9 Å². The van der Waals surface area contributed by atoms with Gasteiger partial charge in [0.25, 0.3) is 11.5 Å². The van der Waals surface area contributed by atoms with Gasteiger partial charge < -0.3 is 5.32 Å². The number of rotatable bonds is 7. The van der Waals surface area contributed by atoms with Gasteiger partial charge in [-0.2, -0.15) is 5.10 Å². The molecule has 31 heavy (non-hydrogen) atoms. The van der Waals surface area contributed by atoms with Crippen molar-refractivity contribution in [3.8, 4) is 0 Å². The van der Waals surface area contributed by atoms with Gasteiger partial charge in [0, 0.05) is 18.5 Å². The Kier molecular flexibility index (Phi) is 7.37. The maximum Gasteiger partial charge on any atom is 0.333 e. The van der Waals surface area contributed by atoms with Crippen LogP contribution in [0.5, 0.6) is 0 Å². The average Bonchev–Trinajstić information content (AvgIpc) is 2.79. The molecule has 162 valence electrons. The van der Waals surface area contributed by atoms with Gasteiger partial charge >= 0.3 is 6.03 Å². The van der Waals surface area contributed by atoms with Crippen molar-refractivity contribution in [2.24, 2.45) is 0 Å². The Morgan fingerprint density at radius 1 is 0.968 bits per heavy atom. The fourth-order valence-corrected chi connectivity index (χ4v) is 3.17. The number of aromatic nitrogens is 2. The summed E-state index contributed by atoms with van der Waals surface area (Å²) < 4.78 is 1.32. The van der Waals surface area contributed by atoms with Crippen LogP contribution in [-0.2, 0) is 13.1 Å². The van der Waals surface area contributed by atoms with Crippen molar-refractivity contribution in [1.82, 2.24) is 25.9 Å². The minimum atomic E-state index is -0.592. The number of benzene rings is 2. The number of carbonyl (C=O) groups is 2. The van der Waals surface area contributed by atoms with Gasteiger partial charge in [0.2, 0.25) is 0 Å². The fourth-order valence-electron chi connectivity index (χ4n) is 3.17. The Hall–Kier alpha value is -3.68. The number of fused-ring (bicyclic) bond motifs is 1. The number of hydrogen-bond donors (Lipinski definition) is 3. The minimum absolute atomic E-state index is 0.0885. The third-order valence-electron chi connectivity index (χ3n) is 4.92. The highest BCUT2D eigenvalue weighted by molar-refractivity contribution is 6.05. The quantitative estimate of drug-likeness (QED) is 0.403. The van der Waals surface area contributed by atoms with Crippen LogP contribution in [0.3, 0.4) is 0 Å². The summed E-state index contributed by atoms with van der Waals surface area (Å²) in [4.78, 5) is 37.5. The van der Waals surface area contributed by atoms with Gasteiger partial charge in [0.05, 0.1) is 5.39 Å². The number of urea groups is 1. The Morgan fingerprint density at radius 3 is 2.39 bits per heavy atom. The molecule has 0 aliphatic carbocycles. The first-order valence-electron chi connectivity index (χ1n) is 10.4. The van der Waals surface area contributed by atoms with E-state index in [1.165, 1.54) is 4.68 Å². The van der Waals surface area contributed by atoms with Crippen LogP contribution < -0.4 is 21.7 Å². The number of hydrazine groups is 1. The van der Waals surface area contributed by atoms with Crippen LogP contribution in [0.4, 0.5) is 4.79 Å². The van der Waals surface area contributed by atoms with Crippen LogP contribution in [0.2, 0.25) is 0 Å². The van der Waals surface area contributed by atoms with Gasteiger partial charge in [0.1, 0.15) is 0 Å². The van der Waals surface area contributed by atoms with E-state index in [1.54, 1.807) is 24.3 Å². The Balaban J connectivity index is 1.69. The molecular weight excluding hydrogens is 394 g/mol. The molecule has 0 aliphatic rings. The third kappa shape index (κ3) is 5.69. The van der Waals surface area contributed by atoms with Crippen LogP contribution in [0.25, 0.3) is 10.8 Å². The van der Waals surface area contributed by atoms with Crippen molar-refractivity contribution in [2.45, 2.75) is 46.2 Å². The van der Waals surface area contributed by atoms with Crippen LogP contribution in [-0.4, -0.2) is 21.7 Å². The first-order valence-corrected chi connectivity index (χ1v) is 10.4. The van der Waals surface area contributed by atoms with Crippen molar-refractivity contribution in [3.63, 3.8) is 0 Å². The van der Waals surface area contributed by atoms with Gasteiger partial charge in [-0.15, -0.1) is 0 Å². The highest BCUT2D eigenvalue weighted by Gasteiger charge is 2.17. The van der Waals surface area contributed by atoms with E-state index in [-0.39, 0.29) is 11.3 Å². The Labute approximate surface area is 180 Å². The average molecular weight is 422 g/mol. The first kappa shape index (κ1) is 22.0. The van der Waals surface area contributed by atoms with Crippen LogP contribution >= 0.6 is 0 Å². The van der Waals surface area contributed by atoms with Crippen molar-refractivity contribution >= 4 is 22.7 Å². The molecule has 0 atom stereocenters. The number of amides is 3. The molecule has 3 amide bonds. The van der Waals surface area contributed by atoms with E-state index in [4.69, 9.17) is 0 Å². The molecule has 0 saturated carbocycles. The molecule has 0 bridgehead atoms. The molecule has 0 unspecified atom stereocenters. The molecule has 0 radical (unpaired) electrons. The van der Waals surface area contributed by atoms with Crippen molar-refractivity contribution in [1.29, 1.82) is 0 Å². The van der Waals surface area contributed by atoms with E-state index in [9.17, 15) is 14.4 Å². The lowest BCUT2D eigenvalue weighted by Crippen LogP contribution is -2.47. The molecule has 8 nitrogen and oxygen atoms in total. The van der Waals surface area contributed by atoms with E-state index in [2.05, 4.69) is 28.2 Å². The molecule has 0 spiro atoms. The summed E-state index contributed by atoms with van der Waals surface area (Å²) in [5.41, 5.74) is 6.65. The largest absolute Gasteiger partial charge is 0.333 e. The van der Waals surface area contributed by atoms with Gasteiger partial charge in [0.15, 0.2) is 5.69 Å². The van der Waals surface area contributed by atoms with Crippen molar-refractivity contribution < 1.29 is 9.59 Å². The summed E-state index contributed by atoms with van der Waals surface area (Å²) in [5.74, 6) is -0.592. The standard InChI is InChI=1S/C23H27N5O3/c1-3-4-7-14-28-22(30)19-9-6-5-8-18(19)20(27-28)21(29)25-26-23(31)24-15-17-12-10-16(2)11-13-17/h5-6,8-13H,3-4,7,14-15H2,1-2H3,(H,25,29)(H2,24,26,31). The fraction of sp³-hybridized carbons (Fsp3) is 0.304. The van der Waals surface area contributed by atoms with Gasteiger partial charge in [-0.3, -0.25) is 15.0 Å². The van der Waals surface area contributed by atoms with Gasteiger partial charge in [-0.1, -0.05) is 67.8 Å². The molecule has 0 saturated heterocycles. The summed E-state index contributed by atoms with van der Waals surface area (Å²) in [6, 6.07) is 14.1. The van der Waals surface area contributed by atoms with Crippen molar-refractivity contribution in [3.05, 3.63) is 75.7 Å². The third-order valence-corrected chi connectivity index (χ3v) is 4.92. The molecular formula is C23H27N5O3. The zero-order valence-corrected chi connectivity index (χ0v) is 17.8. The lowest BCUT2D eigenvalue weighted by atomic mass is 10.1. The minimum Gasteiger partial charge on any atom is -0.333 e. The molecule has 0 fully saturated rings. The predicted molar refractivity (Wildman–Crippen MR) is 120 cm³/mol. The van der Waals surface area contributed by atoms with Gasteiger partial charge in [-0.25, -0.2) is 14.9 Å². The Bertz CT molecular complexity index is 1120. The summed E-state index contributed by atoms with van der Waals surface area (Å²) in [5, 5.41) is 7.81. The summed E-state index contributed by atoms with van der Waals surface area (Å²) in [7, 11) is 0. The van der Waals surface area contributed by atoms with E-state index in [1.807, 2.05) is 31.2 Å². The maximum absolute atomic E-state index is 12.7. The number of carbonyl (C=O) groups excluding carboxylic acids is 2. The second-order valence-electron chi connectivity index (χ2n) is 7.38. The lowest BCUT2D eigenvalue weighted by molar-refractivity contribution is 0.0930. The van der Waals surface area contributed by atoms with E-state index in [0.29, 0.717) is 23.9 Å². The first-order chi connectivity index (χ1) is 15.0. The molecule has 2 aromatic carbocycles. The number of nitrogens with zero attached hydrogens (tertiary/aromatic N) is 2. The van der Waals surface area contributed by atoms with Crippen LogP contribution in [0.15, 0.2) is 53.3 Å². The number of aryl methyl sites for hydroxylation is 2. The number of unbranched alkanes of at least 4 members (excludes halogenated alkanes) is 2. The zero-order valence-electron chi connectivity index (χ0n) is 17.8. The van der Waals surface area contributed by atoms with Gasteiger partial charge in [-0.05, 0) is 25.0 Å². The molecule has 0 aliphatic heterocycles. The summed E-state index contributed by atoms with van der Waals surface area (Å²) in [6.07, 6.45) is 2.77. The smallest absolute Gasteiger partial charge is 0.333 e. The number of hydrogen-bond acceptors (Lipinski definition) is 4. The molecule has 1 aromatic heterocycles. The van der Waals surface area contributed by atoms with Crippen LogP contribution in [0.1, 0.15) is 47.8 Å². The summed E-state index contributed by atoms with van der Waals surface area (Å²) in [6.45, 7) is 4.82. The number of nitrogens with one attached hydrogen (secondary N) is 3. The highest BCUT2D eigenvalue weighted by Crippen LogP contribution is 2.13. The topological polar surface area (TPSA) is 105 Å². The molecule has 3 N–H and O–H groups in total.